The molecule has 0 aliphatic carbocycles. The van der Waals surface area contributed by atoms with Crippen LogP contribution in [0.2, 0.25) is 0 Å². The zero-order valence-corrected chi connectivity index (χ0v) is 13.9. The van der Waals surface area contributed by atoms with Crippen LogP contribution in [0, 0.1) is 0 Å². The van der Waals surface area contributed by atoms with E-state index in [0.717, 1.165) is 62.7 Å². The van der Waals surface area contributed by atoms with Gasteiger partial charge in [-0.3, -0.25) is 4.90 Å². The number of piperidine rings is 1. The van der Waals surface area contributed by atoms with Gasteiger partial charge in [-0.05, 0) is 18.4 Å². The molecule has 0 atom stereocenters. The molecule has 0 saturated carbocycles. The van der Waals surface area contributed by atoms with Crippen LogP contribution in [-0.2, 0) is 24.3 Å². The number of hydrogen-bond donors (Lipinski definition) is 1. The molecule has 1 saturated heterocycles. The standard InChI is InChI=1S/C19H24N4O/c1-2-4-15(5-3-1)13-23-9-6-17(7-10-23)21-19-20-12-16-14-24-11-8-18(16)22-19/h1-5,12,17H,6-11,13-14H2,(H,20,21,22). The normalized spacial score (nSPS) is 19.0. The molecule has 0 spiro atoms. The minimum Gasteiger partial charge on any atom is -0.376 e. The first-order chi connectivity index (χ1) is 11.9. The van der Waals surface area contributed by atoms with Crippen molar-refractivity contribution >= 4 is 5.95 Å². The third-order valence-electron chi connectivity index (χ3n) is 4.86. The molecule has 1 fully saturated rings. The van der Waals surface area contributed by atoms with E-state index >= 15 is 0 Å². The van der Waals surface area contributed by atoms with Gasteiger partial charge in [0.25, 0.3) is 0 Å². The van der Waals surface area contributed by atoms with Crippen LogP contribution in [-0.4, -0.2) is 40.6 Å². The number of rotatable bonds is 4. The molecular formula is C19H24N4O. The maximum Gasteiger partial charge on any atom is 0.223 e. The SMILES string of the molecule is c1ccc(CN2CCC(Nc3ncc4c(n3)CCOC4)CC2)cc1. The van der Waals surface area contributed by atoms with E-state index in [9.17, 15) is 0 Å². The Labute approximate surface area is 143 Å². The minimum atomic E-state index is 0.468. The second-order valence-corrected chi connectivity index (χ2v) is 6.65. The first-order valence-electron chi connectivity index (χ1n) is 8.82. The number of nitrogens with zero attached hydrogens (tertiary/aromatic N) is 3. The van der Waals surface area contributed by atoms with Gasteiger partial charge in [0.2, 0.25) is 5.95 Å². The molecule has 0 bridgehead atoms. The van der Waals surface area contributed by atoms with E-state index in [2.05, 4.69) is 50.5 Å². The van der Waals surface area contributed by atoms with Gasteiger partial charge in [-0.15, -0.1) is 0 Å². The fourth-order valence-corrected chi connectivity index (χ4v) is 3.46. The van der Waals surface area contributed by atoms with E-state index in [1.54, 1.807) is 0 Å². The van der Waals surface area contributed by atoms with Crippen LogP contribution in [0.5, 0.6) is 0 Å². The van der Waals surface area contributed by atoms with Gasteiger partial charge in [0.15, 0.2) is 0 Å². The van der Waals surface area contributed by atoms with Gasteiger partial charge in [0.1, 0.15) is 0 Å². The fourth-order valence-electron chi connectivity index (χ4n) is 3.46. The fraction of sp³-hybridized carbons (Fsp3) is 0.474. The topological polar surface area (TPSA) is 50.3 Å². The predicted octanol–water partition coefficient (Wildman–Crippen LogP) is 2.63. The van der Waals surface area contributed by atoms with Crippen LogP contribution in [0.1, 0.15) is 29.7 Å². The predicted molar refractivity (Wildman–Crippen MR) is 93.8 cm³/mol. The lowest BCUT2D eigenvalue weighted by atomic mass is 10.0. The van der Waals surface area contributed by atoms with E-state index in [0.29, 0.717) is 12.6 Å². The van der Waals surface area contributed by atoms with Gasteiger partial charge in [-0.25, -0.2) is 9.97 Å². The molecule has 3 heterocycles. The summed E-state index contributed by atoms with van der Waals surface area (Å²) >= 11 is 0. The molecule has 1 aromatic carbocycles. The van der Waals surface area contributed by atoms with Gasteiger partial charge in [-0.2, -0.15) is 0 Å². The summed E-state index contributed by atoms with van der Waals surface area (Å²) in [5, 5.41) is 3.53. The van der Waals surface area contributed by atoms with E-state index in [4.69, 9.17) is 4.74 Å². The summed E-state index contributed by atoms with van der Waals surface area (Å²) in [6.45, 7) is 4.69. The Bertz CT molecular complexity index is 668. The summed E-state index contributed by atoms with van der Waals surface area (Å²) in [5.74, 6) is 0.775. The van der Waals surface area contributed by atoms with Crippen LogP contribution in [0.15, 0.2) is 36.5 Å². The second kappa shape index (κ2) is 7.28. The van der Waals surface area contributed by atoms with Gasteiger partial charge >= 0.3 is 0 Å². The largest absolute Gasteiger partial charge is 0.376 e. The summed E-state index contributed by atoms with van der Waals surface area (Å²) in [7, 11) is 0. The number of nitrogens with one attached hydrogen (secondary N) is 1. The summed E-state index contributed by atoms with van der Waals surface area (Å²) < 4.78 is 5.44. The van der Waals surface area contributed by atoms with Crippen LogP contribution >= 0.6 is 0 Å². The summed E-state index contributed by atoms with van der Waals surface area (Å²) in [6.07, 6.45) is 5.07. The number of ether oxygens (including phenoxy) is 1. The smallest absolute Gasteiger partial charge is 0.223 e. The van der Waals surface area contributed by atoms with Crippen LogP contribution in [0.25, 0.3) is 0 Å². The van der Waals surface area contributed by atoms with Gasteiger partial charge in [0, 0.05) is 43.9 Å². The molecule has 5 nitrogen and oxygen atoms in total. The number of anilines is 1. The molecule has 0 radical (unpaired) electrons. The highest BCUT2D eigenvalue weighted by atomic mass is 16.5. The molecule has 2 aliphatic heterocycles. The number of likely N-dealkylation sites (tertiary alicyclic amines) is 1. The Hall–Kier alpha value is -1.98. The average molecular weight is 324 g/mol. The Balaban J connectivity index is 1.30. The van der Waals surface area contributed by atoms with Gasteiger partial charge < -0.3 is 10.1 Å². The zero-order chi connectivity index (χ0) is 16.2. The lowest BCUT2D eigenvalue weighted by Gasteiger charge is -2.32. The zero-order valence-electron chi connectivity index (χ0n) is 13.9. The van der Waals surface area contributed by atoms with Crippen molar-refractivity contribution < 1.29 is 4.74 Å². The number of hydrogen-bond acceptors (Lipinski definition) is 5. The van der Waals surface area contributed by atoms with Crippen molar-refractivity contribution in [3.8, 4) is 0 Å². The Morgan fingerprint density at radius 3 is 2.83 bits per heavy atom. The molecule has 2 aromatic rings. The summed E-state index contributed by atoms with van der Waals surface area (Å²) in [5.41, 5.74) is 3.66. The van der Waals surface area contributed by atoms with Crippen LogP contribution < -0.4 is 5.32 Å². The van der Waals surface area contributed by atoms with Crippen molar-refractivity contribution in [2.24, 2.45) is 0 Å². The van der Waals surface area contributed by atoms with Gasteiger partial charge in [0.05, 0.1) is 18.9 Å². The Morgan fingerprint density at radius 1 is 1.17 bits per heavy atom. The summed E-state index contributed by atoms with van der Waals surface area (Å²) in [6, 6.07) is 11.2. The lowest BCUT2D eigenvalue weighted by Crippen LogP contribution is -2.39. The van der Waals surface area contributed by atoms with Crippen molar-refractivity contribution in [3.63, 3.8) is 0 Å². The number of aromatic nitrogens is 2. The van der Waals surface area contributed by atoms with E-state index < -0.39 is 0 Å². The highest BCUT2D eigenvalue weighted by molar-refractivity contribution is 5.31. The molecule has 126 valence electrons. The van der Waals surface area contributed by atoms with Crippen molar-refractivity contribution in [2.75, 3.05) is 25.0 Å². The third-order valence-corrected chi connectivity index (χ3v) is 4.86. The third kappa shape index (κ3) is 3.74. The molecule has 1 aromatic heterocycles. The molecular weight excluding hydrogens is 300 g/mol. The molecule has 0 amide bonds. The monoisotopic (exact) mass is 324 g/mol. The average Bonchev–Trinajstić information content (AvgIpc) is 2.64. The quantitative estimate of drug-likeness (QED) is 0.937. The van der Waals surface area contributed by atoms with Crippen molar-refractivity contribution in [2.45, 2.75) is 38.5 Å². The second-order valence-electron chi connectivity index (χ2n) is 6.65. The van der Waals surface area contributed by atoms with E-state index in [-0.39, 0.29) is 0 Å². The highest BCUT2D eigenvalue weighted by Crippen LogP contribution is 2.19. The molecule has 2 aliphatic rings. The van der Waals surface area contributed by atoms with Crippen molar-refractivity contribution in [1.82, 2.24) is 14.9 Å². The molecule has 1 N–H and O–H groups in total. The van der Waals surface area contributed by atoms with Crippen molar-refractivity contribution in [3.05, 3.63) is 53.3 Å². The van der Waals surface area contributed by atoms with Gasteiger partial charge in [-0.1, -0.05) is 30.3 Å². The lowest BCUT2D eigenvalue weighted by molar-refractivity contribution is 0.109. The molecule has 5 heteroatoms. The first kappa shape index (κ1) is 15.5. The highest BCUT2D eigenvalue weighted by Gasteiger charge is 2.20. The summed E-state index contributed by atoms with van der Waals surface area (Å²) in [4.78, 5) is 11.7. The maximum atomic E-state index is 5.44. The number of benzene rings is 1. The minimum absolute atomic E-state index is 0.468. The van der Waals surface area contributed by atoms with E-state index in [1.165, 1.54) is 5.56 Å². The molecule has 24 heavy (non-hydrogen) atoms. The van der Waals surface area contributed by atoms with E-state index in [1.807, 2.05) is 6.20 Å². The van der Waals surface area contributed by atoms with Crippen LogP contribution in [0.3, 0.4) is 0 Å². The Morgan fingerprint density at radius 2 is 2.00 bits per heavy atom. The molecule has 4 rings (SSSR count). The molecule has 0 unspecified atom stereocenters. The maximum absolute atomic E-state index is 5.44. The van der Waals surface area contributed by atoms with Crippen molar-refractivity contribution in [1.29, 1.82) is 0 Å². The number of fused-ring (bicyclic) bond motifs is 1. The van der Waals surface area contributed by atoms with Crippen LogP contribution in [0.4, 0.5) is 5.95 Å². The Kier molecular flexibility index (Phi) is 4.71. The first-order valence-corrected chi connectivity index (χ1v) is 8.82.